The summed E-state index contributed by atoms with van der Waals surface area (Å²) in [6, 6.07) is 0. The van der Waals surface area contributed by atoms with Crippen molar-refractivity contribution in [2.75, 3.05) is 33.2 Å². The highest BCUT2D eigenvalue weighted by atomic mass is 19.4. The van der Waals surface area contributed by atoms with Gasteiger partial charge >= 0.3 is 6.18 Å². The van der Waals surface area contributed by atoms with Gasteiger partial charge in [-0.3, -0.25) is 9.69 Å². The number of nitrogens with one attached hydrogen (secondary N) is 1. The van der Waals surface area contributed by atoms with Gasteiger partial charge in [-0.2, -0.15) is 13.2 Å². The van der Waals surface area contributed by atoms with Gasteiger partial charge in [-0.1, -0.05) is 0 Å². The quantitative estimate of drug-likeness (QED) is 0.668. The number of hydrogen-bond acceptors (Lipinski definition) is 3. The highest BCUT2D eigenvalue weighted by Crippen LogP contribution is 2.11. The number of hydrogen-bond donors (Lipinski definition) is 2. The molecule has 0 spiro atoms. The number of amides is 1. The molecule has 0 saturated heterocycles. The molecule has 0 fully saturated rings. The van der Waals surface area contributed by atoms with Crippen LogP contribution in [0.1, 0.15) is 6.42 Å². The minimum absolute atomic E-state index is 0.0456. The lowest BCUT2D eigenvalue weighted by molar-refractivity contribution is -0.138. The summed E-state index contributed by atoms with van der Waals surface area (Å²) in [5.41, 5.74) is 5.25. The predicted molar refractivity (Wildman–Crippen MR) is 50.2 cm³/mol. The van der Waals surface area contributed by atoms with E-state index in [-0.39, 0.29) is 6.54 Å². The minimum Gasteiger partial charge on any atom is -0.346 e. The van der Waals surface area contributed by atoms with E-state index in [1.807, 2.05) is 0 Å². The van der Waals surface area contributed by atoms with Crippen LogP contribution in [0.5, 0.6) is 0 Å². The van der Waals surface area contributed by atoms with E-state index in [2.05, 4.69) is 0 Å². The van der Waals surface area contributed by atoms with Gasteiger partial charge in [-0.25, -0.2) is 0 Å². The Balaban J connectivity index is 3.64. The van der Waals surface area contributed by atoms with Crippen molar-refractivity contribution in [3.05, 3.63) is 0 Å². The molecule has 1 amide bonds. The van der Waals surface area contributed by atoms with E-state index < -0.39 is 18.6 Å². The van der Waals surface area contributed by atoms with Crippen molar-refractivity contribution in [2.24, 2.45) is 5.73 Å². The molecular weight excluding hydrogens is 211 g/mol. The van der Waals surface area contributed by atoms with Crippen molar-refractivity contribution in [3.63, 3.8) is 0 Å². The molecule has 0 aromatic rings. The van der Waals surface area contributed by atoms with Crippen molar-refractivity contribution < 1.29 is 18.0 Å². The molecule has 0 radical (unpaired) electrons. The molecule has 15 heavy (non-hydrogen) atoms. The molecule has 0 heterocycles. The summed E-state index contributed by atoms with van der Waals surface area (Å²) in [7, 11) is 1.66. The van der Waals surface area contributed by atoms with Gasteiger partial charge in [0.25, 0.3) is 0 Å². The summed E-state index contributed by atoms with van der Waals surface area (Å²) in [4.78, 5) is 12.6. The average molecular weight is 227 g/mol. The van der Waals surface area contributed by atoms with Crippen molar-refractivity contribution in [2.45, 2.75) is 12.6 Å². The first kappa shape index (κ1) is 14.2. The zero-order chi connectivity index (χ0) is 11.9. The van der Waals surface area contributed by atoms with Crippen LogP contribution in [0.25, 0.3) is 0 Å². The molecular formula is C8H16F3N3O. The predicted octanol–water partition coefficient (Wildman–Crippen LogP) is -0.0545. The normalized spacial score (nSPS) is 11.9. The van der Waals surface area contributed by atoms with E-state index in [9.17, 15) is 18.0 Å². The van der Waals surface area contributed by atoms with E-state index in [1.54, 1.807) is 17.3 Å². The van der Waals surface area contributed by atoms with Crippen LogP contribution in [-0.4, -0.2) is 50.2 Å². The van der Waals surface area contributed by atoms with E-state index in [0.29, 0.717) is 19.5 Å². The van der Waals surface area contributed by atoms with Gasteiger partial charge in [-0.15, -0.1) is 0 Å². The Hall–Kier alpha value is -0.820. The van der Waals surface area contributed by atoms with Gasteiger partial charge in [0.05, 0.1) is 6.54 Å². The smallest absolute Gasteiger partial charge is 0.346 e. The standard InChI is InChI=1S/C8H16F3N3O/c1-14(4-2-3-12)5-7(15)13-6-8(9,10)11/h2-6,12H2,1H3,(H,13,15). The number of halogens is 3. The molecule has 0 aliphatic rings. The van der Waals surface area contributed by atoms with E-state index in [4.69, 9.17) is 5.73 Å². The lowest BCUT2D eigenvalue weighted by Crippen LogP contribution is -2.40. The van der Waals surface area contributed by atoms with Crippen molar-refractivity contribution in [3.8, 4) is 0 Å². The Morgan fingerprint density at radius 2 is 2.07 bits per heavy atom. The van der Waals surface area contributed by atoms with E-state index in [1.165, 1.54) is 0 Å². The van der Waals surface area contributed by atoms with Crippen molar-refractivity contribution >= 4 is 5.91 Å². The summed E-state index contributed by atoms with van der Waals surface area (Å²) >= 11 is 0. The first-order chi connectivity index (χ1) is 6.85. The lowest BCUT2D eigenvalue weighted by Gasteiger charge is -2.16. The Morgan fingerprint density at radius 1 is 1.47 bits per heavy atom. The molecule has 3 N–H and O–H groups in total. The van der Waals surface area contributed by atoms with E-state index >= 15 is 0 Å². The summed E-state index contributed by atoms with van der Waals surface area (Å²) < 4.78 is 35.1. The molecule has 0 aliphatic heterocycles. The third kappa shape index (κ3) is 9.48. The third-order valence-electron chi connectivity index (χ3n) is 1.64. The van der Waals surface area contributed by atoms with Crippen LogP contribution in [0.4, 0.5) is 13.2 Å². The molecule has 7 heteroatoms. The van der Waals surface area contributed by atoms with Crippen LogP contribution in [-0.2, 0) is 4.79 Å². The largest absolute Gasteiger partial charge is 0.405 e. The molecule has 0 unspecified atom stereocenters. The monoisotopic (exact) mass is 227 g/mol. The number of carbonyl (C=O) groups is 1. The third-order valence-corrected chi connectivity index (χ3v) is 1.64. The van der Waals surface area contributed by atoms with Crippen LogP contribution in [0.15, 0.2) is 0 Å². The number of nitrogens with two attached hydrogens (primary N) is 1. The van der Waals surface area contributed by atoms with Crippen molar-refractivity contribution in [1.29, 1.82) is 0 Å². The number of carbonyl (C=O) groups excluding carboxylic acids is 1. The SMILES string of the molecule is CN(CCCN)CC(=O)NCC(F)(F)F. The maximum Gasteiger partial charge on any atom is 0.405 e. The molecule has 0 atom stereocenters. The fourth-order valence-corrected chi connectivity index (χ4v) is 0.940. The molecule has 0 rings (SSSR count). The maximum atomic E-state index is 11.7. The molecule has 0 saturated carbocycles. The van der Waals surface area contributed by atoms with E-state index in [0.717, 1.165) is 0 Å². The number of rotatable bonds is 6. The number of likely N-dealkylation sites (N-methyl/N-ethyl adjacent to an activating group) is 1. The molecule has 0 aromatic heterocycles. The Labute approximate surface area is 86.6 Å². The minimum atomic E-state index is -4.36. The van der Waals surface area contributed by atoms with Crippen molar-refractivity contribution in [1.82, 2.24) is 10.2 Å². The Bertz CT molecular complexity index is 196. The summed E-state index contributed by atoms with van der Waals surface area (Å²) in [5.74, 6) is -0.633. The van der Waals surface area contributed by atoms with Gasteiger partial charge < -0.3 is 11.1 Å². The van der Waals surface area contributed by atoms with Gasteiger partial charge in [-0.05, 0) is 26.6 Å². The first-order valence-corrected chi connectivity index (χ1v) is 4.57. The fraction of sp³-hybridized carbons (Fsp3) is 0.875. The van der Waals surface area contributed by atoms with Crippen LogP contribution in [0, 0.1) is 0 Å². The maximum absolute atomic E-state index is 11.7. The second-order valence-corrected chi connectivity index (χ2v) is 3.27. The second-order valence-electron chi connectivity index (χ2n) is 3.27. The van der Waals surface area contributed by atoms with Gasteiger partial charge in [0.2, 0.25) is 5.91 Å². The molecule has 0 aliphatic carbocycles. The van der Waals surface area contributed by atoms with Crippen LogP contribution < -0.4 is 11.1 Å². The van der Waals surface area contributed by atoms with Gasteiger partial charge in [0.1, 0.15) is 6.54 Å². The Morgan fingerprint density at radius 3 is 2.53 bits per heavy atom. The highest BCUT2D eigenvalue weighted by Gasteiger charge is 2.27. The topological polar surface area (TPSA) is 58.4 Å². The van der Waals surface area contributed by atoms with Crippen LogP contribution in [0.2, 0.25) is 0 Å². The van der Waals surface area contributed by atoms with Gasteiger partial charge in [0, 0.05) is 0 Å². The van der Waals surface area contributed by atoms with Crippen LogP contribution in [0.3, 0.4) is 0 Å². The van der Waals surface area contributed by atoms with Gasteiger partial charge in [0.15, 0.2) is 0 Å². The zero-order valence-corrected chi connectivity index (χ0v) is 8.60. The lowest BCUT2D eigenvalue weighted by atomic mass is 10.4. The first-order valence-electron chi connectivity index (χ1n) is 4.57. The molecule has 90 valence electrons. The highest BCUT2D eigenvalue weighted by molar-refractivity contribution is 5.77. The molecule has 0 bridgehead atoms. The van der Waals surface area contributed by atoms with Crippen LogP contribution >= 0.6 is 0 Å². The molecule has 0 aromatic carbocycles. The number of nitrogens with zero attached hydrogens (tertiary/aromatic N) is 1. The second kappa shape index (κ2) is 6.62. The summed E-state index contributed by atoms with van der Waals surface area (Å²) in [6.07, 6.45) is -3.64. The number of alkyl halides is 3. The molecule has 4 nitrogen and oxygen atoms in total. The summed E-state index contributed by atoms with van der Waals surface area (Å²) in [5, 5.41) is 1.79. The average Bonchev–Trinajstić information content (AvgIpc) is 2.10. The fourth-order valence-electron chi connectivity index (χ4n) is 0.940. The summed E-state index contributed by atoms with van der Waals surface area (Å²) in [6.45, 7) is -0.239. The zero-order valence-electron chi connectivity index (χ0n) is 8.60. The Kier molecular flexibility index (Phi) is 6.26.